The summed E-state index contributed by atoms with van der Waals surface area (Å²) in [4.78, 5) is 11.7. The molecule has 0 radical (unpaired) electrons. The van der Waals surface area contributed by atoms with E-state index in [0.29, 0.717) is 6.54 Å². The highest BCUT2D eigenvalue weighted by Gasteiger charge is 2.22. The number of rotatable bonds is 6. The topological polar surface area (TPSA) is 66.5 Å². The van der Waals surface area contributed by atoms with Crippen molar-refractivity contribution in [1.29, 1.82) is 0 Å². The number of hydrogen-bond donors (Lipinski definition) is 1. The average Bonchev–Trinajstić information content (AvgIpc) is 2.36. The molecule has 5 nitrogen and oxygen atoms in total. The maximum absolute atomic E-state index is 12.2. The van der Waals surface area contributed by atoms with E-state index in [1.54, 1.807) is 12.1 Å². The number of amides is 1. The van der Waals surface area contributed by atoms with Gasteiger partial charge in [0.25, 0.3) is 0 Å². The lowest BCUT2D eigenvalue weighted by molar-refractivity contribution is -0.120. The van der Waals surface area contributed by atoms with Gasteiger partial charge in [-0.25, -0.2) is 8.42 Å². The second-order valence-corrected chi connectivity index (χ2v) is 6.21. The number of sulfonamides is 1. The van der Waals surface area contributed by atoms with Crippen LogP contribution in [0.4, 0.5) is 0 Å². The van der Waals surface area contributed by atoms with Crippen molar-refractivity contribution in [2.75, 3.05) is 20.1 Å². The van der Waals surface area contributed by atoms with Gasteiger partial charge in [-0.15, -0.1) is 6.58 Å². The van der Waals surface area contributed by atoms with Gasteiger partial charge in [0.1, 0.15) is 0 Å². The Labute approximate surface area is 114 Å². The van der Waals surface area contributed by atoms with E-state index >= 15 is 0 Å². The molecule has 19 heavy (non-hydrogen) atoms. The molecular formula is C13H18N2O3S. The largest absolute Gasteiger partial charge is 0.351 e. The molecule has 0 saturated heterocycles. The standard InChI is InChI=1S/C13H18N2O3S/c1-4-9-14-13(16)10-15(3)19(17,18)12-7-5-11(2)6-8-12/h4-8H,1,9-10H2,2-3H3,(H,14,16). The molecule has 1 amide bonds. The monoisotopic (exact) mass is 282 g/mol. The van der Waals surface area contributed by atoms with Crippen LogP contribution in [0, 0.1) is 6.92 Å². The lowest BCUT2D eigenvalue weighted by atomic mass is 10.2. The third kappa shape index (κ3) is 4.18. The molecule has 0 atom stereocenters. The van der Waals surface area contributed by atoms with Crippen molar-refractivity contribution in [3.8, 4) is 0 Å². The van der Waals surface area contributed by atoms with Crippen molar-refractivity contribution in [3.63, 3.8) is 0 Å². The zero-order valence-corrected chi connectivity index (χ0v) is 11.9. The highest BCUT2D eigenvalue weighted by atomic mass is 32.2. The molecule has 0 unspecified atom stereocenters. The second-order valence-electron chi connectivity index (χ2n) is 4.17. The quantitative estimate of drug-likeness (QED) is 0.789. The summed E-state index contributed by atoms with van der Waals surface area (Å²) in [6.45, 7) is 5.45. The maximum atomic E-state index is 12.2. The Morgan fingerprint density at radius 3 is 2.47 bits per heavy atom. The zero-order chi connectivity index (χ0) is 14.5. The molecule has 0 aliphatic rings. The average molecular weight is 282 g/mol. The number of carbonyl (C=O) groups excluding carboxylic acids is 1. The fourth-order valence-electron chi connectivity index (χ4n) is 1.42. The van der Waals surface area contributed by atoms with Gasteiger partial charge in [0.2, 0.25) is 15.9 Å². The number of likely N-dealkylation sites (N-methyl/N-ethyl adjacent to an activating group) is 1. The van der Waals surface area contributed by atoms with Crippen molar-refractivity contribution >= 4 is 15.9 Å². The minimum atomic E-state index is -3.63. The van der Waals surface area contributed by atoms with Gasteiger partial charge in [-0.05, 0) is 19.1 Å². The normalized spacial score (nSPS) is 11.3. The van der Waals surface area contributed by atoms with Crippen molar-refractivity contribution in [1.82, 2.24) is 9.62 Å². The summed E-state index contributed by atoms with van der Waals surface area (Å²) in [5, 5.41) is 2.53. The third-order valence-electron chi connectivity index (χ3n) is 2.54. The Balaban J connectivity index is 2.79. The van der Waals surface area contributed by atoms with Gasteiger partial charge < -0.3 is 5.32 Å². The number of nitrogens with zero attached hydrogens (tertiary/aromatic N) is 1. The van der Waals surface area contributed by atoms with Crippen LogP contribution < -0.4 is 5.32 Å². The number of carbonyl (C=O) groups is 1. The molecule has 6 heteroatoms. The molecule has 1 rings (SSSR count). The van der Waals surface area contributed by atoms with Gasteiger partial charge in [0.15, 0.2) is 0 Å². The van der Waals surface area contributed by atoms with Gasteiger partial charge >= 0.3 is 0 Å². The van der Waals surface area contributed by atoms with E-state index in [9.17, 15) is 13.2 Å². The van der Waals surface area contributed by atoms with Crippen LogP contribution in [-0.2, 0) is 14.8 Å². The molecule has 0 aliphatic carbocycles. The highest BCUT2D eigenvalue weighted by Crippen LogP contribution is 2.14. The Bertz CT molecular complexity index is 550. The Kier molecular flexibility index (Phi) is 5.26. The van der Waals surface area contributed by atoms with Gasteiger partial charge in [-0.1, -0.05) is 23.8 Å². The fraction of sp³-hybridized carbons (Fsp3) is 0.308. The summed E-state index contributed by atoms with van der Waals surface area (Å²) in [7, 11) is -2.25. The Hall–Kier alpha value is -1.66. The molecule has 0 saturated carbocycles. The van der Waals surface area contributed by atoms with Crippen LogP contribution in [0.15, 0.2) is 41.8 Å². The van der Waals surface area contributed by atoms with Crippen LogP contribution in [0.1, 0.15) is 5.56 Å². The molecule has 1 aromatic carbocycles. The molecule has 0 bridgehead atoms. The minimum Gasteiger partial charge on any atom is -0.351 e. The number of benzene rings is 1. The summed E-state index contributed by atoms with van der Waals surface area (Å²) < 4.78 is 25.4. The molecule has 1 aromatic rings. The molecule has 0 fully saturated rings. The SMILES string of the molecule is C=CCNC(=O)CN(C)S(=O)(=O)c1ccc(C)cc1. The van der Waals surface area contributed by atoms with Gasteiger partial charge in [-0.3, -0.25) is 4.79 Å². The molecule has 104 valence electrons. The van der Waals surface area contributed by atoms with Crippen LogP contribution in [0.25, 0.3) is 0 Å². The Morgan fingerprint density at radius 2 is 1.95 bits per heavy atom. The summed E-state index contributed by atoms with van der Waals surface area (Å²) in [6.07, 6.45) is 1.53. The van der Waals surface area contributed by atoms with Crippen LogP contribution in [0.5, 0.6) is 0 Å². The molecule has 0 heterocycles. The van der Waals surface area contributed by atoms with E-state index < -0.39 is 10.0 Å². The summed E-state index contributed by atoms with van der Waals surface area (Å²) >= 11 is 0. The summed E-state index contributed by atoms with van der Waals surface area (Å²) in [5.41, 5.74) is 0.977. The van der Waals surface area contributed by atoms with E-state index in [-0.39, 0.29) is 17.3 Å². The van der Waals surface area contributed by atoms with Crippen LogP contribution in [0.2, 0.25) is 0 Å². The first-order chi connectivity index (χ1) is 8.87. The summed E-state index contributed by atoms with van der Waals surface area (Å²) in [5.74, 6) is -0.363. The minimum absolute atomic E-state index is 0.178. The molecule has 0 aliphatic heterocycles. The number of aryl methyl sites for hydroxylation is 1. The van der Waals surface area contributed by atoms with Crippen LogP contribution in [0.3, 0.4) is 0 Å². The zero-order valence-electron chi connectivity index (χ0n) is 11.1. The van der Waals surface area contributed by atoms with Gasteiger partial charge in [0.05, 0.1) is 11.4 Å². The first-order valence-electron chi connectivity index (χ1n) is 5.78. The van der Waals surface area contributed by atoms with E-state index in [4.69, 9.17) is 0 Å². The maximum Gasteiger partial charge on any atom is 0.243 e. The van der Waals surface area contributed by atoms with Gasteiger partial charge in [-0.2, -0.15) is 4.31 Å². The van der Waals surface area contributed by atoms with Crippen molar-refractivity contribution < 1.29 is 13.2 Å². The second kappa shape index (κ2) is 6.49. The van der Waals surface area contributed by atoms with Crippen LogP contribution >= 0.6 is 0 Å². The highest BCUT2D eigenvalue weighted by molar-refractivity contribution is 7.89. The van der Waals surface area contributed by atoms with Gasteiger partial charge in [0, 0.05) is 13.6 Å². The van der Waals surface area contributed by atoms with Crippen molar-refractivity contribution in [2.24, 2.45) is 0 Å². The number of nitrogens with one attached hydrogen (secondary N) is 1. The Morgan fingerprint density at radius 1 is 1.37 bits per heavy atom. The van der Waals surface area contributed by atoms with E-state index in [1.807, 2.05) is 6.92 Å². The van der Waals surface area contributed by atoms with Crippen LogP contribution in [-0.4, -0.2) is 38.8 Å². The van der Waals surface area contributed by atoms with E-state index in [2.05, 4.69) is 11.9 Å². The first-order valence-corrected chi connectivity index (χ1v) is 7.22. The first kappa shape index (κ1) is 15.4. The lowest BCUT2D eigenvalue weighted by Gasteiger charge is -2.16. The van der Waals surface area contributed by atoms with Crippen molar-refractivity contribution in [3.05, 3.63) is 42.5 Å². The molecular weight excluding hydrogens is 264 g/mol. The predicted octanol–water partition coefficient (Wildman–Crippen LogP) is 0.918. The fourth-order valence-corrected chi connectivity index (χ4v) is 2.55. The van der Waals surface area contributed by atoms with Crippen molar-refractivity contribution in [2.45, 2.75) is 11.8 Å². The number of hydrogen-bond acceptors (Lipinski definition) is 3. The lowest BCUT2D eigenvalue weighted by Crippen LogP contribution is -2.38. The molecule has 0 spiro atoms. The third-order valence-corrected chi connectivity index (χ3v) is 4.36. The van der Waals surface area contributed by atoms with E-state index in [0.717, 1.165) is 9.87 Å². The summed E-state index contributed by atoms with van der Waals surface area (Å²) in [6, 6.07) is 6.50. The van der Waals surface area contributed by atoms with E-state index in [1.165, 1.54) is 25.3 Å². The smallest absolute Gasteiger partial charge is 0.243 e. The predicted molar refractivity (Wildman–Crippen MR) is 74.2 cm³/mol. The molecule has 1 N–H and O–H groups in total. The molecule has 0 aromatic heterocycles.